The smallest absolute Gasteiger partial charge is 0.147 e. The fourth-order valence-electron chi connectivity index (χ4n) is 2.87. The molecule has 2 heterocycles. The molecule has 2 aliphatic rings. The number of hydrogen-bond donors (Lipinski definition) is 2. The number of nitrogens with zero attached hydrogens (tertiary/aromatic N) is 2. The average Bonchev–Trinajstić information content (AvgIpc) is 3.36. The van der Waals surface area contributed by atoms with E-state index in [0.29, 0.717) is 11.9 Å². The van der Waals surface area contributed by atoms with E-state index in [1.165, 1.54) is 37.2 Å². The first-order valence-corrected chi connectivity index (χ1v) is 8.02. The molecule has 2 saturated carbocycles. The van der Waals surface area contributed by atoms with Gasteiger partial charge in [-0.1, -0.05) is 6.07 Å². The van der Waals surface area contributed by atoms with Crippen molar-refractivity contribution < 1.29 is 0 Å². The Morgan fingerprint density at radius 2 is 2.00 bits per heavy atom. The van der Waals surface area contributed by atoms with Crippen molar-refractivity contribution in [1.29, 1.82) is 0 Å². The van der Waals surface area contributed by atoms with Crippen molar-refractivity contribution in [3.63, 3.8) is 0 Å². The predicted octanol–water partition coefficient (Wildman–Crippen LogP) is 3.39. The highest BCUT2D eigenvalue weighted by molar-refractivity contribution is 7.11. The van der Waals surface area contributed by atoms with E-state index in [4.69, 9.17) is 5.73 Å². The van der Waals surface area contributed by atoms with Gasteiger partial charge in [-0.2, -0.15) is 4.37 Å². The molecule has 3 N–H and O–H groups in total. The van der Waals surface area contributed by atoms with Crippen LogP contribution in [0.5, 0.6) is 0 Å². The average molecular weight is 286 g/mol. The van der Waals surface area contributed by atoms with Gasteiger partial charge in [0.1, 0.15) is 10.8 Å². The first-order valence-electron chi connectivity index (χ1n) is 7.25. The number of nitrogen functional groups attached to an aromatic ring is 1. The molecular formula is C15H18N4S. The van der Waals surface area contributed by atoms with Gasteiger partial charge in [0.15, 0.2) is 0 Å². The molecule has 0 saturated heterocycles. The van der Waals surface area contributed by atoms with Crippen LogP contribution in [0.2, 0.25) is 0 Å². The number of rotatable bonds is 5. The Balaban J connectivity index is 1.65. The van der Waals surface area contributed by atoms with Crippen LogP contribution in [0.3, 0.4) is 0 Å². The van der Waals surface area contributed by atoms with Gasteiger partial charge in [0.05, 0.1) is 5.56 Å². The van der Waals surface area contributed by atoms with Crippen LogP contribution in [0.4, 0.5) is 10.8 Å². The van der Waals surface area contributed by atoms with Crippen LogP contribution >= 0.6 is 11.5 Å². The lowest BCUT2D eigenvalue weighted by Crippen LogP contribution is -2.23. The highest BCUT2D eigenvalue weighted by Crippen LogP contribution is 2.47. The lowest BCUT2D eigenvalue weighted by atomic mass is 10.1. The summed E-state index contributed by atoms with van der Waals surface area (Å²) in [5.41, 5.74) is 8.13. The van der Waals surface area contributed by atoms with Gasteiger partial charge in [-0.15, -0.1) is 0 Å². The molecule has 0 bridgehead atoms. The van der Waals surface area contributed by atoms with Crippen LogP contribution in [0.25, 0.3) is 11.1 Å². The molecule has 104 valence electrons. The van der Waals surface area contributed by atoms with Gasteiger partial charge >= 0.3 is 0 Å². The standard InChI is InChI=1S/C15H18N4S/c16-14-12(11-2-1-7-17-8-11)15(20-19-14)18-13(9-3-4-9)10-5-6-10/h1-2,7-10,13,18H,3-6H2,(H2,16,19). The molecular weight excluding hydrogens is 268 g/mol. The Labute approximate surface area is 122 Å². The van der Waals surface area contributed by atoms with Crippen LogP contribution in [0.15, 0.2) is 24.5 Å². The third-order valence-electron chi connectivity index (χ3n) is 4.23. The first kappa shape index (κ1) is 12.1. The minimum Gasteiger partial charge on any atom is -0.382 e. The quantitative estimate of drug-likeness (QED) is 0.884. The minimum absolute atomic E-state index is 0.607. The minimum atomic E-state index is 0.607. The number of hydrogen-bond acceptors (Lipinski definition) is 5. The maximum Gasteiger partial charge on any atom is 0.147 e. The number of anilines is 2. The number of pyridine rings is 1. The van der Waals surface area contributed by atoms with Gasteiger partial charge in [-0.25, -0.2) is 0 Å². The topological polar surface area (TPSA) is 63.8 Å². The van der Waals surface area contributed by atoms with Crippen LogP contribution in [0, 0.1) is 11.8 Å². The third-order valence-corrected chi connectivity index (χ3v) is 5.02. The van der Waals surface area contributed by atoms with Crippen molar-refractivity contribution in [1.82, 2.24) is 9.36 Å². The van der Waals surface area contributed by atoms with Crippen LogP contribution < -0.4 is 11.1 Å². The van der Waals surface area contributed by atoms with Gasteiger partial charge in [0.2, 0.25) is 0 Å². The van der Waals surface area contributed by atoms with Crippen molar-refractivity contribution in [3.8, 4) is 11.1 Å². The predicted molar refractivity (Wildman–Crippen MR) is 82.6 cm³/mol. The summed E-state index contributed by atoms with van der Waals surface area (Å²) in [6.45, 7) is 0. The van der Waals surface area contributed by atoms with Crippen molar-refractivity contribution in [3.05, 3.63) is 24.5 Å². The second-order valence-electron chi connectivity index (χ2n) is 5.86. The van der Waals surface area contributed by atoms with E-state index >= 15 is 0 Å². The monoisotopic (exact) mass is 286 g/mol. The molecule has 0 aliphatic heterocycles. The van der Waals surface area contributed by atoms with Crippen molar-refractivity contribution in [2.75, 3.05) is 11.1 Å². The van der Waals surface area contributed by atoms with Crippen molar-refractivity contribution >= 4 is 22.4 Å². The third kappa shape index (κ3) is 2.26. The maximum absolute atomic E-state index is 6.06. The second-order valence-corrected chi connectivity index (χ2v) is 6.63. The number of nitrogens with one attached hydrogen (secondary N) is 1. The molecule has 0 atom stereocenters. The Morgan fingerprint density at radius 1 is 1.25 bits per heavy atom. The molecule has 4 rings (SSSR count). The largest absolute Gasteiger partial charge is 0.382 e. The summed E-state index contributed by atoms with van der Waals surface area (Å²) in [5, 5.41) is 4.85. The SMILES string of the molecule is Nc1nsc(NC(C2CC2)C2CC2)c1-c1cccnc1. The Morgan fingerprint density at radius 3 is 2.60 bits per heavy atom. The lowest BCUT2D eigenvalue weighted by Gasteiger charge is -2.18. The van der Waals surface area contributed by atoms with E-state index < -0.39 is 0 Å². The summed E-state index contributed by atoms with van der Waals surface area (Å²) in [6, 6.07) is 4.60. The zero-order chi connectivity index (χ0) is 13.5. The summed E-state index contributed by atoms with van der Waals surface area (Å²) in [6.07, 6.45) is 9.10. The molecule has 4 nitrogen and oxygen atoms in total. The molecule has 0 spiro atoms. The molecule has 2 aromatic heterocycles. The molecule has 2 aliphatic carbocycles. The van der Waals surface area contributed by atoms with E-state index in [1.54, 1.807) is 6.20 Å². The van der Waals surface area contributed by atoms with Gasteiger partial charge in [0.25, 0.3) is 0 Å². The first-order chi connectivity index (χ1) is 9.83. The molecule has 5 heteroatoms. The Hall–Kier alpha value is -1.62. The van der Waals surface area contributed by atoms with Gasteiger partial charge < -0.3 is 11.1 Å². The summed E-state index contributed by atoms with van der Waals surface area (Å²) in [5.74, 6) is 2.32. The van der Waals surface area contributed by atoms with Crippen LogP contribution in [0.1, 0.15) is 25.7 Å². The Bertz CT molecular complexity index is 590. The summed E-state index contributed by atoms with van der Waals surface area (Å²) in [4.78, 5) is 4.19. The summed E-state index contributed by atoms with van der Waals surface area (Å²) >= 11 is 1.48. The zero-order valence-corrected chi connectivity index (χ0v) is 12.1. The zero-order valence-electron chi connectivity index (χ0n) is 11.2. The highest BCUT2D eigenvalue weighted by atomic mass is 32.1. The second kappa shape index (κ2) is 4.74. The fourth-order valence-corrected chi connectivity index (χ4v) is 3.66. The number of aromatic nitrogens is 2. The van der Waals surface area contributed by atoms with Crippen molar-refractivity contribution in [2.24, 2.45) is 11.8 Å². The summed E-state index contributed by atoms with van der Waals surface area (Å²) < 4.78 is 4.33. The molecule has 20 heavy (non-hydrogen) atoms. The highest BCUT2D eigenvalue weighted by Gasteiger charge is 2.42. The van der Waals surface area contributed by atoms with Gasteiger partial charge in [-0.05, 0) is 55.1 Å². The van der Waals surface area contributed by atoms with Crippen LogP contribution in [-0.2, 0) is 0 Å². The molecule has 0 unspecified atom stereocenters. The number of nitrogens with two attached hydrogens (primary N) is 1. The normalized spacial score (nSPS) is 18.4. The fraction of sp³-hybridized carbons (Fsp3) is 0.467. The van der Waals surface area contributed by atoms with Crippen molar-refractivity contribution in [2.45, 2.75) is 31.7 Å². The lowest BCUT2D eigenvalue weighted by molar-refractivity contribution is 0.569. The van der Waals surface area contributed by atoms with Gasteiger partial charge in [-0.3, -0.25) is 4.98 Å². The molecule has 2 fully saturated rings. The van der Waals surface area contributed by atoms with E-state index in [9.17, 15) is 0 Å². The maximum atomic E-state index is 6.06. The van der Waals surface area contributed by atoms with E-state index in [1.807, 2.05) is 18.3 Å². The van der Waals surface area contributed by atoms with E-state index in [0.717, 1.165) is 28.0 Å². The van der Waals surface area contributed by atoms with E-state index in [2.05, 4.69) is 14.7 Å². The van der Waals surface area contributed by atoms with Crippen LogP contribution in [-0.4, -0.2) is 15.4 Å². The molecule has 0 amide bonds. The van der Waals surface area contributed by atoms with E-state index in [-0.39, 0.29) is 0 Å². The summed E-state index contributed by atoms with van der Waals surface area (Å²) in [7, 11) is 0. The molecule has 0 radical (unpaired) electrons. The molecule has 2 aromatic rings. The van der Waals surface area contributed by atoms with Gasteiger partial charge in [0, 0.05) is 24.0 Å². The Kier molecular flexibility index (Phi) is 2.88. The molecule has 0 aromatic carbocycles.